The molecule has 4 nitrogen and oxygen atoms in total. The Morgan fingerprint density at radius 1 is 1.12 bits per heavy atom. The first kappa shape index (κ1) is 18.1. The van der Waals surface area contributed by atoms with Crippen LogP contribution in [0, 0.1) is 13.8 Å². The van der Waals surface area contributed by atoms with Crippen LogP contribution in [0.1, 0.15) is 28.4 Å². The summed E-state index contributed by atoms with van der Waals surface area (Å²) in [7, 11) is 3.03. The van der Waals surface area contributed by atoms with Crippen LogP contribution in [0.15, 0.2) is 30.3 Å². The summed E-state index contributed by atoms with van der Waals surface area (Å²) in [6, 6.07) is 9.32. The molecule has 0 saturated carbocycles. The number of carbonyl (C=O) groups is 1. The van der Waals surface area contributed by atoms with E-state index in [2.05, 4.69) is 0 Å². The van der Waals surface area contributed by atoms with Crippen molar-refractivity contribution < 1.29 is 14.3 Å². The van der Waals surface area contributed by atoms with E-state index in [1.54, 1.807) is 17.0 Å². The topological polar surface area (TPSA) is 38.8 Å². The summed E-state index contributed by atoms with van der Waals surface area (Å²) in [6.45, 7) is 6.50. The predicted octanol–water partition coefficient (Wildman–Crippen LogP) is 4.64. The molecule has 0 aliphatic heterocycles. The Morgan fingerprint density at radius 2 is 1.83 bits per heavy atom. The second-order valence-electron chi connectivity index (χ2n) is 5.53. The molecule has 0 atom stereocenters. The molecule has 5 heteroatoms. The van der Waals surface area contributed by atoms with Crippen molar-refractivity contribution in [2.75, 3.05) is 25.7 Å². The zero-order chi connectivity index (χ0) is 17.9. The summed E-state index contributed by atoms with van der Waals surface area (Å²) in [5.74, 6) is 0.727. The lowest BCUT2D eigenvalue weighted by Gasteiger charge is -2.24. The lowest BCUT2D eigenvalue weighted by Crippen LogP contribution is -2.31. The van der Waals surface area contributed by atoms with Gasteiger partial charge >= 0.3 is 0 Å². The first-order chi connectivity index (χ1) is 11.4. The van der Waals surface area contributed by atoms with Crippen molar-refractivity contribution in [2.45, 2.75) is 20.8 Å². The van der Waals surface area contributed by atoms with E-state index in [1.807, 2.05) is 39.0 Å². The van der Waals surface area contributed by atoms with Crippen LogP contribution in [0.25, 0.3) is 0 Å². The summed E-state index contributed by atoms with van der Waals surface area (Å²) in [6.07, 6.45) is 0. The van der Waals surface area contributed by atoms with E-state index in [0.717, 1.165) is 16.8 Å². The molecule has 24 heavy (non-hydrogen) atoms. The summed E-state index contributed by atoms with van der Waals surface area (Å²) < 4.78 is 10.5. The van der Waals surface area contributed by atoms with E-state index in [4.69, 9.17) is 21.1 Å². The van der Waals surface area contributed by atoms with Gasteiger partial charge in [-0.25, -0.2) is 0 Å². The molecule has 0 heterocycles. The van der Waals surface area contributed by atoms with Gasteiger partial charge < -0.3 is 14.4 Å². The van der Waals surface area contributed by atoms with E-state index >= 15 is 0 Å². The Kier molecular flexibility index (Phi) is 5.73. The highest BCUT2D eigenvalue weighted by Gasteiger charge is 2.21. The highest BCUT2D eigenvalue weighted by atomic mass is 35.5. The number of carbonyl (C=O) groups excluding carboxylic acids is 1. The lowest BCUT2D eigenvalue weighted by atomic mass is 10.1. The lowest BCUT2D eigenvalue weighted by molar-refractivity contribution is 0.0987. The maximum absolute atomic E-state index is 13.0. The molecule has 128 valence electrons. The Morgan fingerprint density at radius 3 is 2.42 bits per heavy atom. The average Bonchev–Trinajstić information content (AvgIpc) is 2.57. The number of ether oxygens (including phenoxy) is 2. The van der Waals surface area contributed by atoms with E-state index in [0.29, 0.717) is 28.6 Å². The van der Waals surface area contributed by atoms with Crippen LogP contribution < -0.4 is 14.4 Å². The second kappa shape index (κ2) is 7.58. The fourth-order valence-corrected chi connectivity index (χ4v) is 2.92. The summed E-state index contributed by atoms with van der Waals surface area (Å²) in [5, 5.41) is 0.345. The molecular formula is C19H22ClNO3. The van der Waals surface area contributed by atoms with E-state index < -0.39 is 0 Å². The molecule has 0 unspecified atom stereocenters. The first-order valence-electron chi connectivity index (χ1n) is 7.73. The van der Waals surface area contributed by atoms with Gasteiger partial charge in [0.15, 0.2) is 11.5 Å². The first-order valence-corrected chi connectivity index (χ1v) is 8.11. The van der Waals surface area contributed by atoms with Crippen molar-refractivity contribution in [1.82, 2.24) is 0 Å². The summed E-state index contributed by atoms with van der Waals surface area (Å²) >= 11 is 6.23. The number of benzene rings is 2. The zero-order valence-electron chi connectivity index (χ0n) is 14.6. The molecule has 0 N–H and O–H groups in total. The van der Waals surface area contributed by atoms with Gasteiger partial charge in [-0.3, -0.25) is 4.79 Å². The normalized spacial score (nSPS) is 10.4. The molecule has 0 spiro atoms. The third-order valence-electron chi connectivity index (χ3n) is 3.90. The van der Waals surface area contributed by atoms with Crippen LogP contribution >= 0.6 is 11.6 Å². The van der Waals surface area contributed by atoms with Crippen molar-refractivity contribution in [3.8, 4) is 11.5 Å². The van der Waals surface area contributed by atoms with E-state index in [-0.39, 0.29) is 5.91 Å². The molecule has 0 aromatic heterocycles. The van der Waals surface area contributed by atoms with Crippen molar-refractivity contribution in [1.29, 1.82) is 0 Å². The SMILES string of the molecule is CCN(C(=O)c1cc(Cl)c(OC)c(OC)c1)c1cc(C)ccc1C. The Labute approximate surface area is 147 Å². The molecule has 0 fully saturated rings. The number of halogens is 1. The second-order valence-corrected chi connectivity index (χ2v) is 5.94. The van der Waals surface area contributed by atoms with Gasteiger partial charge in [-0.05, 0) is 50.1 Å². The van der Waals surface area contributed by atoms with Crippen molar-refractivity contribution in [3.05, 3.63) is 52.0 Å². The number of nitrogens with zero attached hydrogens (tertiary/aromatic N) is 1. The largest absolute Gasteiger partial charge is 0.493 e. The quantitative estimate of drug-likeness (QED) is 0.790. The standard InChI is InChI=1S/C19H22ClNO3/c1-6-21(16-9-12(2)7-8-13(16)3)19(22)14-10-15(20)18(24-5)17(11-14)23-4/h7-11H,6H2,1-5H3. The molecule has 2 aromatic rings. The van der Waals surface area contributed by atoms with Gasteiger partial charge in [0.1, 0.15) is 0 Å². The third kappa shape index (κ3) is 3.49. The fourth-order valence-electron chi connectivity index (χ4n) is 2.63. The number of aryl methyl sites for hydroxylation is 2. The van der Waals surface area contributed by atoms with Crippen molar-refractivity contribution in [2.24, 2.45) is 0 Å². The smallest absolute Gasteiger partial charge is 0.258 e. The van der Waals surface area contributed by atoms with Crippen LogP contribution in [0.4, 0.5) is 5.69 Å². The minimum atomic E-state index is -0.131. The van der Waals surface area contributed by atoms with Gasteiger partial charge in [-0.1, -0.05) is 23.7 Å². The van der Waals surface area contributed by atoms with Crippen molar-refractivity contribution in [3.63, 3.8) is 0 Å². The Hall–Kier alpha value is -2.20. The van der Waals surface area contributed by atoms with Crippen LogP contribution in [0.3, 0.4) is 0 Å². The minimum absolute atomic E-state index is 0.131. The minimum Gasteiger partial charge on any atom is -0.493 e. The Balaban J connectivity index is 2.49. The molecule has 2 aromatic carbocycles. The molecular weight excluding hydrogens is 326 g/mol. The summed E-state index contributed by atoms with van der Waals surface area (Å²) in [5.41, 5.74) is 3.50. The maximum atomic E-state index is 13.0. The fraction of sp³-hybridized carbons (Fsp3) is 0.316. The van der Waals surface area contributed by atoms with Gasteiger partial charge in [-0.15, -0.1) is 0 Å². The molecule has 0 aliphatic carbocycles. The van der Waals surface area contributed by atoms with Crippen LogP contribution in [-0.2, 0) is 0 Å². The number of rotatable bonds is 5. The molecule has 0 bridgehead atoms. The number of anilines is 1. The van der Waals surface area contributed by atoms with Crippen LogP contribution in [0.5, 0.6) is 11.5 Å². The van der Waals surface area contributed by atoms with Gasteiger partial charge in [-0.2, -0.15) is 0 Å². The highest BCUT2D eigenvalue weighted by Crippen LogP contribution is 2.36. The van der Waals surface area contributed by atoms with Crippen LogP contribution in [-0.4, -0.2) is 26.7 Å². The van der Waals surface area contributed by atoms with Gasteiger partial charge in [0, 0.05) is 17.8 Å². The molecule has 0 saturated heterocycles. The van der Waals surface area contributed by atoms with Crippen LogP contribution in [0.2, 0.25) is 5.02 Å². The van der Waals surface area contributed by atoms with Crippen molar-refractivity contribution >= 4 is 23.2 Å². The third-order valence-corrected chi connectivity index (χ3v) is 4.18. The molecule has 0 radical (unpaired) electrons. The number of hydrogen-bond donors (Lipinski definition) is 0. The van der Waals surface area contributed by atoms with Gasteiger partial charge in [0.25, 0.3) is 5.91 Å². The molecule has 0 aliphatic rings. The predicted molar refractivity (Wildman–Crippen MR) is 97.8 cm³/mol. The molecule has 1 amide bonds. The Bertz CT molecular complexity index is 759. The number of hydrogen-bond acceptors (Lipinski definition) is 3. The zero-order valence-corrected chi connectivity index (χ0v) is 15.4. The van der Waals surface area contributed by atoms with Gasteiger partial charge in [0.2, 0.25) is 0 Å². The average molecular weight is 348 g/mol. The maximum Gasteiger partial charge on any atom is 0.258 e. The number of amides is 1. The van der Waals surface area contributed by atoms with E-state index in [1.165, 1.54) is 14.2 Å². The monoisotopic (exact) mass is 347 g/mol. The highest BCUT2D eigenvalue weighted by molar-refractivity contribution is 6.32. The van der Waals surface area contributed by atoms with E-state index in [9.17, 15) is 4.79 Å². The summed E-state index contributed by atoms with van der Waals surface area (Å²) in [4.78, 5) is 14.8. The molecule has 2 rings (SSSR count). The number of methoxy groups -OCH3 is 2. The van der Waals surface area contributed by atoms with Gasteiger partial charge in [0.05, 0.1) is 19.2 Å².